The molecule has 0 unspecified atom stereocenters. The van der Waals surface area contributed by atoms with Gasteiger partial charge in [0.1, 0.15) is 11.6 Å². The van der Waals surface area contributed by atoms with Crippen molar-refractivity contribution in [2.24, 2.45) is 5.92 Å². The Hall–Kier alpha value is -1.31. The highest BCUT2D eigenvalue weighted by molar-refractivity contribution is 5.85. The van der Waals surface area contributed by atoms with Gasteiger partial charge in [0.25, 0.3) is 0 Å². The number of halogens is 1. The summed E-state index contributed by atoms with van der Waals surface area (Å²) >= 11 is 0. The molecule has 0 saturated carbocycles. The third-order valence-corrected chi connectivity index (χ3v) is 2.81. The first kappa shape index (κ1) is 13.8. The molecule has 0 atom stereocenters. The number of nitriles is 1. The third kappa shape index (κ3) is 3.88. The fraction of sp³-hybridized carbons (Fsp3) is 0.500. The van der Waals surface area contributed by atoms with E-state index in [0.717, 1.165) is 25.9 Å². The normalized spacial score (nSPS) is 15.7. The number of nitrogens with zero attached hydrogens (tertiary/aromatic N) is 2. The summed E-state index contributed by atoms with van der Waals surface area (Å²) in [7, 11) is 0. The van der Waals surface area contributed by atoms with Crippen molar-refractivity contribution in [3.8, 4) is 11.9 Å². The molecule has 0 aromatic carbocycles. The quantitative estimate of drug-likeness (QED) is 0.892. The molecular formula is C12H16ClN3O. The average molecular weight is 254 g/mol. The molecule has 1 N–H and O–H groups in total. The van der Waals surface area contributed by atoms with Crippen LogP contribution in [-0.2, 0) is 0 Å². The zero-order valence-corrected chi connectivity index (χ0v) is 10.4. The summed E-state index contributed by atoms with van der Waals surface area (Å²) in [5.41, 5.74) is 0.511. The lowest BCUT2D eigenvalue weighted by molar-refractivity contribution is 0.208. The van der Waals surface area contributed by atoms with Crippen molar-refractivity contribution in [3.63, 3.8) is 0 Å². The van der Waals surface area contributed by atoms with Gasteiger partial charge in [0.15, 0.2) is 0 Å². The Morgan fingerprint density at radius 3 is 2.94 bits per heavy atom. The van der Waals surface area contributed by atoms with Crippen molar-refractivity contribution in [1.82, 2.24) is 10.3 Å². The summed E-state index contributed by atoms with van der Waals surface area (Å²) in [6, 6.07) is 5.56. The molecule has 0 spiro atoms. The summed E-state index contributed by atoms with van der Waals surface area (Å²) in [5, 5.41) is 12.2. The summed E-state index contributed by atoms with van der Waals surface area (Å²) in [5.74, 6) is 1.04. The van der Waals surface area contributed by atoms with Crippen LogP contribution in [0.4, 0.5) is 0 Å². The lowest BCUT2D eigenvalue weighted by atomic mass is 9.99. The van der Waals surface area contributed by atoms with Crippen molar-refractivity contribution < 1.29 is 4.74 Å². The zero-order valence-electron chi connectivity index (χ0n) is 9.56. The van der Waals surface area contributed by atoms with E-state index in [2.05, 4.69) is 16.4 Å². The van der Waals surface area contributed by atoms with Crippen LogP contribution in [0.15, 0.2) is 18.3 Å². The van der Waals surface area contributed by atoms with E-state index in [4.69, 9.17) is 10.00 Å². The van der Waals surface area contributed by atoms with E-state index < -0.39 is 0 Å². The first-order valence-corrected chi connectivity index (χ1v) is 5.59. The van der Waals surface area contributed by atoms with Gasteiger partial charge in [0.2, 0.25) is 5.88 Å². The Bertz CT molecular complexity index is 386. The summed E-state index contributed by atoms with van der Waals surface area (Å²) in [6.45, 7) is 2.77. The highest BCUT2D eigenvalue weighted by atomic mass is 35.5. The van der Waals surface area contributed by atoms with E-state index in [-0.39, 0.29) is 12.4 Å². The number of rotatable bonds is 3. The molecule has 1 saturated heterocycles. The van der Waals surface area contributed by atoms with E-state index in [1.807, 2.05) is 0 Å². The minimum atomic E-state index is 0. The standard InChI is InChI=1S/C12H15N3O.ClH/c13-8-11-2-1-5-15-12(11)16-9-10-3-6-14-7-4-10;/h1-2,5,10,14H,3-4,6-7,9H2;1H. The third-order valence-electron chi connectivity index (χ3n) is 2.81. The number of piperidine rings is 1. The fourth-order valence-corrected chi connectivity index (χ4v) is 1.84. The second-order valence-corrected chi connectivity index (χ2v) is 3.97. The molecule has 0 amide bonds. The average Bonchev–Trinajstić information content (AvgIpc) is 2.38. The molecule has 1 aromatic rings. The predicted molar refractivity (Wildman–Crippen MR) is 67.3 cm³/mol. The molecule has 5 heteroatoms. The van der Waals surface area contributed by atoms with Gasteiger partial charge in [-0.3, -0.25) is 0 Å². The monoisotopic (exact) mass is 253 g/mol. The second kappa shape index (κ2) is 7.10. The highest BCUT2D eigenvalue weighted by Crippen LogP contribution is 2.17. The van der Waals surface area contributed by atoms with Gasteiger partial charge in [-0.25, -0.2) is 4.98 Å². The van der Waals surface area contributed by atoms with Crippen LogP contribution in [0.1, 0.15) is 18.4 Å². The van der Waals surface area contributed by atoms with Crippen molar-refractivity contribution in [1.29, 1.82) is 5.26 Å². The molecule has 0 radical (unpaired) electrons. The highest BCUT2D eigenvalue weighted by Gasteiger charge is 2.14. The van der Waals surface area contributed by atoms with Crippen molar-refractivity contribution in [2.45, 2.75) is 12.8 Å². The Labute approximate surface area is 107 Å². The Morgan fingerprint density at radius 1 is 1.47 bits per heavy atom. The number of pyridine rings is 1. The number of hydrogen-bond donors (Lipinski definition) is 1. The topological polar surface area (TPSA) is 57.9 Å². The smallest absolute Gasteiger partial charge is 0.231 e. The molecule has 92 valence electrons. The van der Waals surface area contributed by atoms with Crippen molar-refractivity contribution in [2.75, 3.05) is 19.7 Å². The van der Waals surface area contributed by atoms with E-state index >= 15 is 0 Å². The number of aromatic nitrogens is 1. The van der Waals surface area contributed by atoms with Crippen LogP contribution in [0.2, 0.25) is 0 Å². The van der Waals surface area contributed by atoms with E-state index in [0.29, 0.717) is 24.0 Å². The summed E-state index contributed by atoms with van der Waals surface area (Å²) in [6.07, 6.45) is 3.92. The molecule has 0 aliphatic carbocycles. The van der Waals surface area contributed by atoms with Crippen LogP contribution in [-0.4, -0.2) is 24.7 Å². The first-order chi connectivity index (χ1) is 7.90. The van der Waals surface area contributed by atoms with Gasteiger partial charge in [-0.2, -0.15) is 5.26 Å². The zero-order chi connectivity index (χ0) is 11.2. The molecule has 1 fully saturated rings. The molecule has 1 aliphatic rings. The Kier molecular flexibility index (Phi) is 5.75. The summed E-state index contributed by atoms with van der Waals surface area (Å²) in [4.78, 5) is 4.07. The Balaban J connectivity index is 0.00000144. The molecule has 1 aliphatic heterocycles. The Morgan fingerprint density at radius 2 is 2.24 bits per heavy atom. The second-order valence-electron chi connectivity index (χ2n) is 3.97. The van der Waals surface area contributed by atoms with Gasteiger partial charge in [-0.1, -0.05) is 0 Å². The summed E-state index contributed by atoms with van der Waals surface area (Å²) < 4.78 is 5.61. The lowest BCUT2D eigenvalue weighted by Gasteiger charge is -2.22. The van der Waals surface area contributed by atoms with E-state index in [9.17, 15) is 0 Å². The number of hydrogen-bond acceptors (Lipinski definition) is 4. The molecule has 17 heavy (non-hydrogen) atoms. The molecule has 2 rings (SSSR count). The SMILES string of the molecule is Cl.N#Cc1cccnc1OCC1CCNCC1. The maximum absolute atomic E-state index is 8.88. The molecule has 0 bridgehead atoms. The largest absolute Gasteiger partial charge is 0.476 e. The molecule has 4 nitrogen and oxygen atoms in total. The van der Waals surface area contributed by atoms with Crippen LogP contribution >= 0.6 is 12.4 Å². The van der Waals surface area contributed by atoms with Crippen LogP contribution in [0.3, 0.4) is 0 Å². The van der Waals surface area contributed by atoms with Gasteiger partial charge in [0, 0.05) is 6.20 Å². The maximum Gasteiger partial charge on any atom is 0.231 e. The van der Waals surface area contributed by atoms with Gasteiger partial charge in [-0.05, 0) is 44.0 Å². The minimum absolute atomic E-state index is 0. The van der Waals surface area contributed by atoms with Crippen LogP contribution in [0, 0.1) is 17.2 Å². The van der Waals surface area contributed by atoms with Crippen LogP contribution in [0.5, 0.6) is 5.88 Å². The maximum atomic E-state index is 8.88. The van der Waals surface area contributed by atoms with Gasteiger partial charge < -0.3 is 10.1 Å². The van der Waals surface area contributed by atoms with E-state index in [1.54, 1.807) is 18.3 Å². The van der Waals surface area contributed by atoms with Gasteiger partial charge in [-0.15, -0.1) is 12.4 Å². The molecular weight excluding hydrogens is 238 g/mol. The van der Waals surface area contributed by atoms with Crippen molar-refractivity contribution in [3.05, 3.63) is 23.9 Å². The minimum Gasteiger partial charge on any atom is -0.476 e. The first-order valence-electron chi connectivity index (χ1n) is 5.59. The number of ether oxygens (including phenoxy) is 1. The number of nitrogens with one attached hydrogen (secondary N) is 1. The fourth-order valence-electron chi connectivity index (χ4n) is 1.84. The predicted octanol–water partition coefficient (Wildman–Crippen LogP) is 1.75. The molecule has 1 aromatic heterocycles. The lowest BCUT2D eigenvalue weighted by Crippen LogP contribution is -2.30. The van der Waals surface area contributed by atoms with E-state index in [1.165, 1.54) is 0 Å². The van der Waals surface area contributed by atoms with Gasteiger partial charge >= 0.3 is 0 Å². The van der Waals surface area contributed by atoms with Crippen molar-refractivity contribution >= 4 is 12.4 Å². The van der Waals surface area contributed by atoms with Crippen LogP contribution < -0.4 is 10.1 Å². The molecule has 2 heterocycles. The van der Waals surface area contributed by atoms with Gasteiger partial charge in [0.05, 0.1) is 6.61 Å². The van der Waals surface area contributed by atoms with Crippen LogP contribution in [0.25, 0.3) is 0 Å².